The van der Waals surface area contributed by atoms with Gasteiger partial charge in [0.25, 0.3) is 0 Å². The molecule has 0 saturated heterocycles. The first kappa shape index (κ1) is 13.6. The van der Waals surface area contributed by atoms with E-state index in [1.165, 1.54) is 0 Å². The predicted molar refractivity (Wildman–Crippen MR) is 68.0 cm³/mol. The van der Waals surface area contributed by atoms with Gasteiger partial charge in [0.2, 0.25) is 0 Å². The minimum atomic E-state index is -0.910. The average Bonchev–Trinajstić information content (AvgIpc) is 2.28. The van der Waals surface area contributed by atoms with Crippen LogP contribution in [0.1, 0.15) is 20.3 Å². The van der Waals surface area contributed by atoms with Crippen molar-refractivity contribution < 1.29 is 14.6 Å². The van der Waals surface area contributed by atoms with Crippen molar-refractivity contribution in [3.05, 3.63) is 23.2 Å². The van der Waals surface area contributed by atoms with E-state index in [0.717, 1.165) is 6.42 Å². The third-order valence-electron chi connectivity index (χ3n) is 2.15. The van der Waals surface area contributed by atoms with E-state index in [-0.39, 0.29) is 0 Å². The number of carboxylic acid groups (broad SMARTS) is 1. The van der Waals surface area contributed by atoms with Crippen molar-refractivity contribution in [1.29, 1.82) is 0 Å². The standard InChI is InChI=1S/C12H16ClNO3/c1-3-6-17-11-5-4-9(7-10(11)13)14-8(2)12(15)16/h4-5,7-8,14H,3,6H2,1-2H3,(H,15,16). The van der Waals surface area contributed by atoms with Gasteiger partial charge in [0, 0.05) is 5.69 Å². The Labute approximate surface area is 106 Å². The molecule has 0 aliphatic heterocycles. The zero-order valence-electron chi connectivity index (χ0n) is 9.87. The van der Waals surface area contributed by atoms with Crippen LogP contribution in [0.5, 0.6) is 5.75 Å². The molecule has 0 aliphatic rings. The number of anilines is 1. The van der Waals surface area contributed by atoms with Crippen LogP contribution >= 0.6 is 11.6 Å². The largest absolute Gasteiger partial charge is 0.492 e. The molecular formula is C12H16ClNO3. The Bertz CT molecular complexity index is 395. The van der Waals surface area contributed by atoms with Crippen molar-refractivity contribution in [2.75, 3.05) is 11.9 Å². The highest BCUT2D eigenvalue weighted by Gasteiger charge is 2.11. The second kappa shape index (κ2) is 6.35. The van der Waals surface area contributed by atoms with Crippen LogP contribution in [0.4, 0.5) is 5.69 Å². The van der Waals surface area contributed by atoms with E-state index in [9.17, 15) is 4.79 Å². The molecule has 0 aliphatic carbocycles. The van der Waals surface area contributed by atoms with Gasteiger partial charge in [-0.15, -0.1) is 0 Å². The van der Waals surface area contributed by atoms with E-state index >= 15 is 0 Å². The fourth-order valence-electron chi connectivity index (χ4n) is 1.23. The van der Waals surface area contributed by atoms with Crippen molar-refractivity contribution in [1.82, 2.24) is 0 Å². The SMILES string of the molecule is CCCOc1ccc(NC(C)C(=O)O)cc1Cl. The molecule has 1 atom stereocenters. The van der Waals surface area contributed by atoms with Crippen LogP contribution in [0.25, 0.3) is 0 Å². The molecule has 1 aromatic rings. The monoisotopic (exact) mass is 257 g/mol. The number of nitrogens with one attached hydrogen (secondary N) is 1. The highest BCUT2D eigenvalue weighted by atomic mass is 35.5. The smallest absolute Gasteiger partial charge is 0.325 e. The summed E-state index contributed by atoms with van der Waals surface area (Å²) in [6.07, 6.45) is 0.909. The van der Waals surface area contributed by atoms with Gasteiger partial charge in [-0.2, -0.15) is 0 Å². The molecule has 0 heterocycles. The Hall–Kier alpha value is -1.42. The maximum absolute atomic E-state index is 10.7. The predicted octanol–water partition coefficient (Wildman–Crippen LogP) is 3.01. The minimum Gasteiger partial charge on any atom is -0.492 e. The van der Waals surface area contributed by atoms with E-state index in [0.29, 0.717) is 23.1 Å². The molecule has 5 heteroatoms. The van der Waals surface area contributed by atoms with Crippen LogP contribution in [0.15, 0.2) is 18.2 Å². The average molecular weight is 258 g/mol. The number of rotatable bonds is 6. The summed E-state index contributed by atoms with van der Waals surface area (Å²) in [7, 11) is 0. The van der Waals surface area contributed by atoms with Gasteiger partial charge in [0.1, 0.15) is 11.8 Å². The van der Waals surface area contributed by atoms with Crippen molar-refractivity contribution in [2.24, 2.45) is 0 Å². The van der Waals surface area contributed by atoms with Crippen molar-refractivity contribution in [3.63, 3.8) is 0 Å². The maximum Gasteiger partial charge on any atom is 0.325 e. The number of benzene rings is 1. The summed E-state index contributed by atoms with van der Waals surface area (Å²) in [5.41, 5.74) is 0.661. The molecule has 0 amide bonds. The minimum absolute atomic E-state index is 0.473. The summed E-state index contributed by atoms with van der Waals surface area (Å²) in [5, 5.41) is 12.1. The van der Waals surface area contributed by atoms with Gasteiger partial charge in [0.15, 0.2) is 0 Å². The van der Waals surface area contributed by atoms with E-state index in [4.69, 9.17) is 21.4 Å². The number of carbonyl (C=O) groups is 1. The Morgan fingerprint density at radius 3 is 2.82 bits per heavy atom. The first-order chi connectivity index (χ1) is 8.04. The second-order valence-electron chi connectivity index (χ2n) is 3.70. The summed E-state index contributed by atoms with van der Waals surface area (Å²) in [6, 6.07) is 4.48. The summed E-state index contributed by atoms with van der Waals surface area (Å²) in [5.74, 6) is -0.297. The topological polar surface area (TPSA) is 58.6 Å². The third kappa shape index (κ3) is 4.15. The molecule has 0 saturated carbocycles. The molecule has 0 bridgehead atoms. The molecule has 1 aromatic carbocycles. The Kier molecular flexibility index (Phi) is 5.10. The lowest BCUT2D eigenvalue weighted by atomic mass is 10.2. The Balaban J connectivity index is 2.71. The molecule has 0 spiro atoms. The third-order valence-corrected chi connectivity index (χ3v) is 2.44. The highest BCUT2D eigenvalue weighted by molar-refractivity contribution is 6.32. The molecule has 17 heavy (non-hydrogen) atoms. The van der Waals surface area contributed by atoms with Crippen LogP contribution in [0.3, 0.4) is 0 Å². The van der Waals surface area contributed by atoms with Gasteiger partial charge < -0.3 is 15.2 Å². The van der Waals surface area contributed by atoms with Gasteiger partial charge in [-0.1, -0.05) is 18.5 Å². The van der Waals surface area contributed by atoms with E-state index in [1.807, 2.05) is 6.92 Å². The molecule has 1 unspecified atom stereocenters. The first-order valence-electron chi connectivity index (χ1n) is 5.46. The molecule has 2 N–H and O–H groups in total. The zero-order chi connectivity index (χ0) is 12.8. The van der Waals surface area contributed by atoms with Gasteiger partial charge >= 0.3 is 5.97 Å². The van der Waals surface area contributed by atoms with Gasteiger partial charge in [-0.25, -0.2) is 0 Å². The number of halogens is 1. The van der Waals surface area contributed by atoms with Crippen molar-refractivity contribution >= 4 is 23.3 Å². The van der Waals surface area contributed by atoms with Crippen molar-refractivity contribution in [2.45, 2.75) is 26.3 Å². The molecule has 0 radical (unpaired) electrons. The van der Waals surface area contributed by atoms with Crippen LogP contribution in [0, 0.1) is 0 Å². The van der Waals surface area contributed by atoms with Crippen LogP contribution in [0.2, 0.25) is 5.02 Å². The van der Waals surface area contributed by atoms with Crippen LogP contribution < -0.4 is 10.1 Å². The van der Waals surface area contributed by atoms with Crippen LogP contribution in [-0.2, 0) is 4.79 Å². The molecule has 94 valence electrons. The fourth-order valence-corrected chi connectivity index (χ4v) is 1.47. The maximum atomic E-state index is 10.7. The van der Waals surface area contributed by atoms with Gasteiger partial charge in [0.05, 0.1) is 11.6 Å². The number of carboxylic acids is 1. The number of hydrogen-bond donors (Lipinski definition) is 2. The molecule has 1 rings (SSSR count). The lowest BCUT2D eigenvalue weighted by molar-refractivity contribution is -0.137. The summed E-state index contributed by atoms with van der Waals surface area (Å²) >= 11 is 6.02. The fraction of sp³-hybridized carbons (Fsp3) is 0.417. The van der Waals surface area contributed by atoms with E-state index in [2.05, 4.69) is 5.32 Å². The number of hydrogen-bond acceptors (Lipinski definition) is 3. The summed E-state index contributed by atoms with van der Waals surface area (Å²) in [4.78, 5) is 10.7. The van der Waals surface area contributed by atoms with Gasteiger partial charge in [-0.3, -0.25) is 4.79 Å². The normalized spacial score (nSPS) is 11.9. The summed E-state index contributed by atoms with van der Waals surface area (Å²) in [6.45, 7) is 4.19. The Morgan fingerprint density at radius 1 is 1.59 bits per heavy atom. The van der Waals surface area contributed by atoms with Gasteiger partial charge in [-0.05, 0) is 31.5 Å². The molecule has 0 fully saturated rings. The lowest BCUT2D eigenvalue weighted by Crippen LogP contribution is -2.25. The van der Waals surface area contributed by atoms with Crippen LogP contribution in [-0.4, -0.2) is 23.7 Å². The highest BCUT2D eigenvalue weighted by Crippen LogP contribution is 2.28. The Morgan fingerprint density at radius 2 is 2.29 bits per heavy atom. The molecular weight excluding hydrogens is 242 g/mol. The molecule has 4 nitrogen and oxygen atoms in total. The second-order valence-corrected chi connectivity index (χ2v) is 4.11. The molecule has 0 aromatic heterocycles. The van der Waals surface area contributed by atoms with E-state index in [1.54, 1.807) is 25.1 Å². The quantitative estimate of drug-likeness (QED) is 0.823. The first-order valence-corrected chi connectivity index (χ1v) is 5.84. The number of ether oxygens (including phenoxy) is 1. The van der Waals surface area contributed by atoms with E-state index < -0.39 is 12.0 Å². The summed E-state index contributed by atoms with van der Waals surface area (Å²) < 4.78 is 5.42. The number of aliphatic carboxylic acids is 1. The lowest BCUT2D eigenvalue weighted by Gasteiger charge is -2.12. The van der Waals surface area contributed by atoms with Crippen molar-refractivity contribution in [3.8, 4) is 5.75 Å². The zero-order valence-corrected chi connectivity index (χ0v) is 10.6.